The second-order valence-corrected chi connectivity index (χ2v) is 6.03. The second-order valence-electron chi connectivity index (χ2n) is 4.60. The minimum atomic E-state index is 0.719. The fourth-order valence-electron chi connectivity index (χ4n) is 1.96. The topological polar surface area (TPSA) is 26.0 Å². The number of oxazole rings is 1. The van der Waals surface area contributed by atoms with Crippen molar-refractivity contribution in [1.82, 2.24) is 4.98 Å². The molecule has 1 aromatic heterocycles. The van der Waals surface area contributed by atoms with Crippen LogP contribution in [0.4, 0.5) is 0 Å². The number of hydrogen-bond donors (Lipinski definition) is 0. The molecule has 0 aliphatic carbocycles. The molecule has 0 saturated carbocycles. The van der Waals surface area contributed by atoms with Crippen molar-refractivity contribution in [2.75, 3.05) is 0 Å². The standard InChI is InChI=1S/C17H14ClNOS/c18-15-8-6-14(7-9-15)16-10-19-17(20-16)12-21-11-13-4-2-1-3-5-13/h1-10H,11-12H2. The molecule has 0 aliphatic rings. The van der Waals surface area contributed by atoms with Gasteiger partial charge in [-0.2, -0.15) is 0 Å². The number of aromatic nitrogens is 1. The summed E-state index contributed by atoms with van der Waals surface area (Å²) >= 11 is 7.67. The third-order valence-electron chi connectivity index (χ3n) is 3.02. The smallest absolute Gasteiger partial charge is 0.204 e. The van der Waals surface area contributed by atoms with Crippen LogP contribution in [0.25, 0.3) is 11.3 Å². The van der Waals surface area contributed by atoms with Gasteiger partial charge in [0.05, 0.1) is 11.9 Å². The van der Waals surface area contributed by atoms with Crippen LogP contribution in [0.1, 0.15) is 11.5 Å². The van der Waals surface area contributed by atoms with Gasteiger partial charge in [0.15, 0.2) is 5.76 Å². The van der Waals surface area contributed by atoms with E-state index in [1.165, 1.54) is 5.56 Å². The second kappa shape index (κ2) is 6.83. The quantitative estimate of drug-likeness (QED) is 0.628. The lowest BCUT2D eigenvalue weighted by atomic mass is 10.2. The summed E-state index contributed by atoms with van der Waals surface area (Å²) < 4.78 is 5.77. The highest BCUT2D eigenvalue weighted by atomic mass is 35.5. The number of nitrogens with zero attached hydrogens (tertiary/aromatic N) is 1. The molecule has 0 N–H and O–H groups in total. The molecule has 1 heterocycles. The van der Waals surface area contributed by atoms with E-state index in [2.05, 4.69) is 29.2 Å². The first kappa shape index (κ1) is 14.2. The Bertz CT molecular complexity index is 694. The molecule has 0 radical (unpaired) electrons. The Balaban J connectivity index is 1.59. The molecule has 0 saturated heterocycles. The predicted octanol–water partition coefficient (Wildman–Crippen LogP) is 5.43. The van der Waals surface area contributed by atoms with E-state index in [1.807, 2.05) is 30.3 Å². The van der Waals surface area contributed by atoms with E-state index < -0.39 is 0 Å². The molecule has 0 bridgehead atoms. The monoisotopic (exact) mass is 315 g/mol. The summed E-state index contributed by atoms with van der Waals surface area (Å²) in [6.07, 6.45) is 1.77. The van der Waals surface area contributed by atoms with Crippen molar-refractivity contribution in [3.05, 3.63) is 77.3 Å². The Morgan fingerprint density at radius 1 is 0.952 bits per heavy atom. The van der Waals surface area contributed by atoms with Gasteiger partial charge >= 0.3 is 0 Å². The van der Waals surface area contributed by atoms with E-state index in [0.717, 1.165) is 33.7 Å². The number of rotatable bonds is 5. The first-order chi connectivity index (χ1) is 10.3. The van der Waals surface area contributed by atoms with Crippen LogP contribution in [-0.2, 0) is 11.5 Å². The zero-order valence-corrected chi connectivity index (χ0v) is 12.9. The molecule has 106 valence electrons. The Hall–Kier alpha value is -1.71. The van der Waals surface area contributed by atoms with Gasteiger partial charge < -0.3 is 4.42 Å². The molecule has 0 amide bonds. The Labute approximate surface area is 133 Å². The molecule has 0 spiro atoms. The summed E-state index contributed by atoms with van der Waals surface area (Å²) in [5, 5.41) is 0.719. The first-order valence-corrected chi connectivity index (χ1v) is 8.17. The molecule has 2 aromatic carbocycles. The van der Waals surface area contributed by atoms with Gasteiger partial charge in [0.25, 0.3) is 0 Å². The third kappa shape index (κ3) is 3.90. The largest absolute Gasteiger partial charge is 0.440 e. The fourth-order valence-corrected chi connectivity index (χ4v) is 2.92. The number of halogens is 1. The average Bonchev–Trinajstić information content (AvgIpc) is 2.98. The van der Waals surface area contributed by atoms with Crippen molar-refractivity contribution < 1.29 is 4.42 Å². The highest BCUT2D eigenvalue weighted by molar-refractivity contribution is 7.97. The van der Waals surface area contributed by atoms with Crippen molar-refractivity contribution in [3.63, 3.8) is 0 Å². The van der Waals surface area contributed by atoms with E-state index in [1.54, 1.807) is 18.0 Å². The molecule has 0 aliphatic heterocycles. The molecular weight excluding hydrogens is 302 g/mol. The molecule has 3 aromatic rings. The van der Waals surface area contributed by atoms with Crippen molar-refractivity contribution in [2.45, 2.75) is 11.5 Å². The number of benzene rings is 2. The van der Waals surface area contributed by atoms with E-state index >= 15 is 0 Å². The number of thioether (sulfide) groups is 1. The van der Waals surface area contributed by atoms with Crippen LogP contribution >= 0.6 is 23.4 Å². The van der Waals surface area contributed by atoms with Crippen LogP contribution < -0.4 is 0 Å². The summed E-state index contributed by atoms with van der Waals surface area (Å²) in [6.45, 7) is 0. The maximum Gasteiger partial charge on any atom is 0.204 e. The normalized spacial score (nSPS) is 10.7. The van der Waals surface area contributed by atoms with Gasteiger partial charge in [-0.3, -0.25) is 0 Å². The Kier molecular flexibility index (Phi) is 4.63. The highest BCUT2D eigenvalue weighted by Crippen LogP contribution is 2.24. The summed E-state index contributed by atoms with van der Waals surface area (Å²) in [5.41, 5.74) is 2.30. The molecular formula is C17H14ClNOS. The van der Waals surface area contributed by atoms with Gasteiger partial charge in [0.2, 0.25) is 5.89 Å². The lowest BCUT2D eigenvalue weighted by Gasteiger charge is -1.99. The van der Waals surface area contributed by atoms with Crippen molar-refractivity contribution >= 4 is 23.4 Å². The molecule has 0 unspecified atom stereocenters. The summed E-state index contributed by atoms with van der Waals surface area (Å²) in [6, 6.07) is 18.0. The van der Waals surface area contributed by atoms with Crippen LogP contribution in [0, 0.1) is 0 Å². The van der Waals surface area contributed by atoms with E-state index in [0.29, 0.717) is 0 Å². The van der Waals surface area contributed by atoms with Gasteiger partial charge in [-0.1, -0.05) is 41.9 Å². The van der Waals surface area contributed by atoms with Gasteiger partial charge in [0.1, 0.15) is 0 Å². The Morgan fingerprint density at radius 2 is 1.71 bits per heavy atom. The van der Waals surface area contributed by atoms with Crippen LogP contribution in [0.2, 0.25) is 5.02 Å². The van der Waals surface area contributed by atoms with Crippen molar-refractivity contribution in [1.29, 1.82) is 0 Å². The van der Waals surface area contributed by atoms with Crippen molar-refractivity contribution in [3.8, 4) is 11.3 Å². The van der Waals surface area contributed by atoms with E-state index in [9.17, 15) is 0 Å². The molecule has 21 heavy (non-hydrogen) atoms. The highest BCUT2D eigenvalue weighted by Gasteiger charge is 2.06. The Morgan fingerprint density at radius 3 is 2.48 bits per heavy atom. The lowest BCUT2D eigenvalue weighted by Crippen LogP contribution is -1.82. The fraction of sp³-hybridized carbons (Fsp3) is 0.118. The third-order valence-corrected chi connectivity index (χ3v) is 4.26. The maximum atomic E-state index is 5.88. The zero-order valence-electron chi connectivity index (χ0n) is 11.3. The summed E-state index contributed by atoms with van der Waals surface area (Å²) in [4.78, 5) is 4.33. The molecule has 0 fully saturated rings. The molecule has 0 atom stereocenters. The zero-order chi connectivity index (χ0) is 14.5. The SMILES string of the molecule is Clc1ccc(-c2cnc(CSCc3ccccc3)o2)cc1. The minimum Gasteiger partial charge on any atom is -0.440 e. The molecule has 4 heteroatoms. The van der Waals surface area contributed by atoms with E-state index in [4.69, 9.17) is 16.0 Å². The maximum absolute atomic E-state index is 5.88. The van der Waals surface area contributed by atoms with Crippen LogP contribution in [-0.4, -0.2) is 4.98 Å². The minimum absolute atomic E-state index is 0.719. The van der Waals surface area contributed by atoms with Gasteiger partial charge in [-0.05, 0) is 29.8 Å². The van der Waals surface area contributed by atoms with Crippen LogP contribution in [0.5, 0.6) is 0 Å². The van der Waals surface area contributed by atoms with Crippen LogP contribution in [0.15, 0.2) is 65.2 Å². The van der Waals surface area contributed by atoms with Crippen molar-refractivity contribution in [2.24, 2.45) is 0 Å². The molecule has 2 nitrogen and oxygen atoms in total. The summed E-state index contributed by atoms with van der Waals surface area (Å²) in [5.74, 6) is 3.25. The number of hydrogen-bond acceptors (Lipinski definition) is 3. The van der Waals surface area contributed by atoms with Gasteiger partial charge in [0, 0.05) is 16.3 Å². The predicted molar refractivity (Wildman–Crippen MR) is 88.4 cm³/mol. The molecule has 3 rings (SSSR count). The van der Waals surface area contributed by atoms with E-state index in [-0.39, 0.29) is 0 Å². The van der Waals surface area contributed by atoms with Gasteiger partial charge in [-0.15, -0.1) is 11.8 Å². The first-order valence-electron chi connectivity index (χ1n) is 6.63. The summed E-state index contributed by atoms with van der Waals surface area (Å²) in [7, 11) is 0. The van der Waals surface area contributed by atoms with Crippen LogP contribution in [0.3, 0.4) is 0 Å². The van der Waals surface area contributed by atoms with Gasteiger partial charge in [-0.25, -0.2) is 4.98 Å². The lowest BCUT2D eigenvalue weighted by molar-refractivity contribution is 0.530. The average molecular weight is 316 g/mol.